The van der Waals surface area contributed by atoms with Crippen molar-refractivity contribution >= 4 is 21.6 Å². The third kappa shape index (κ3) is 3.13. The summed E-state index contributed by atoms with van der Waals surface area (Å²) in [7, 11) is 0. The number of aromatic nitrogens is 2. The zero-order valence-corrected chi connectivity index (χ0v) is 12.6. The van der Waals surface area contributed by atoms with E-state index in [2.05, 4.69) is 40.2 Å². The summed E-state index contributed by atoms with van der Waals surface area (Å²) in [5, 5.41) is 7.53. The molecule has 1 aromatic heterocycles. The number of anilines is 1. The molecule has 4 nitrogen and oxygen atoms in total. The van der Waals surface area contributed by atoms with Crippen molar-refractivity contribution in [1.82, 2.24) is 9.78 Å². The van der Waals surface area contributed by atoms with Gasteiger partial charge in [-0.2, -0.15) is 5.10 Å². The van der Waals surface area contributed by atoms with Crippen LogP contribution >= 0.6 is 15.9 Å². The molecule has 0 bridgehead atoms. The molecule has 0 aliphatic heterocycles. The Morgan fingerprint density at radius 2 is 2.28 bits per heavy atom. The van der Waals surface area contributed by atoms with Crippen LogP contribution in [0.5, 0.6) is 0 Å². The van der Waals surface area contributed by atoms with Gasteiger partial charge in [0.25, 0.3) is 5.56 Å². The lowest BCUT2D eigenvalue weighted by atomic mass is 10.1. The second kappa shape index (κ2) is 5.43. The molecule has 0 unspecified atom stereocenters. The topological polar surface area (TPSA) is 46.9 Å². The second-order valence-electron chi connectivity index (χ2n) is 5.42. The molecule has 100 valence electrons. The minimum Gasteiger partial charge on any atom is -0.382 e. The van der Waals surface area contributed by atoms with Gasteiger partial charge in [0.1, 0.15) is 4.47 Å². The van der Waals surface area contributed by atoms with E-state index in [0.29, 0.717) is 16.4 Å². The maximum Gasteiger partial charge on any atom is 0.283 e. The molecule has 0 amide bonds. The minimum absolute atomic E-state index is 0.0469. The first-order valence-electron chi connectivity index (χ1n) is 6.55. The van der Waals surface area contributed by atoms with Crippen LogP contribution in [0.3, 0.4) is 0 Å². The summed E-state index contributed by atoms with van der Waals surface area (Å²) in [4.78, 5) is 12.0. The Kier molecular flexibility index (Phi) is 4.10. The summed E-state index contributed by atoms with van der Waals surface area (Å²) in [6, 6.07) is 0. The van der Waals surface area contributed by atoms with Crippen LogP contribution in [0, 0.1) is 5.41 Å². The predicted octanol–water partition coefficient (Wildman–Crippen LogP) is 3.02. The molecule has 1 aliphatic carbocycles. The van der Waals surface area contributed by atoms with E-state index in [1.807, 2.05) is 0 Å². The summed E-state index contributed by atoms with van der Waals surface area (Å²) in [6.07, 6.45) is 6.30. The van der Waals surface area contributed by atoms with E-state index in [0.717, 1.165) is 25.1 Å². The fourth-order valence-electron chi connectivity index (χ4n) is 1.75. The van der Waals surface area contributed by atoms with E-state index in [-0.39, 0.29) is 5.56 Å². The molecule has 1 aliphatic rings. The fourth-order valence-corrected chi connectivity index (χ4v) is 2.20. The van der Waals surface area contributed by atoms with E-state index in [1.54, 1.807) is 6.20 Å². The highest BCUT2D eigenvalue weighted by Gasteiger charge is 2.36. The summed E-state index contributed by atoms with van der Waals surface area (Å²) in [5.74, 6) is 0. The number of nitrogens with zero attached hydrogens (tertiary/aromatic N) is 2. The number of aryl methyl sites for hydroxylation is 1. The van der Waals surface area contributed by atoms with Crippen molar-refractivity contribution in [3.63, 3.8) is 0 Å². The molecule has 0 saturated heterocycles. The molecule has 1 saturated carbocycles. The van der Waals surface area contributed by atoms with Crippen molar-refractivity contribution in [1.29, 1.82) is 0 Å². The molecule has 5 heteroatoms. The normalized spacial score (nSPS) is 16.6. The number of nitrogens with one attached hydrogen (secondary N) is 1. The average molecular weight is 314 g/mol. The molecule has 0 spiro atoms. The monoisotopic (exact) mass is 313 g/mol. The number of unbranched alkanes of at least 4 members (excludes halogenated alkanes) is 1. The summed E-state index contributed by atoms with van der Waals surface area (Å²) in [5.41, 5.74) is 1.17. The van der Waals surface area contributed by atoms with Crippen LogP contribution in [0.15, 0.2) is 15.5 Å². The lowest BCUT2D eigenvalue weighted by Gasteiger charge is -2.13. The van der Waals surface area contributed by atoms with Crippen molar-refractivity contribution in [2.24, 2.45) is 5.41 Å². The van der Waals surface area contributed by atoms with E-state index in [4.69, 9.17) is 0 Å². The van der Waals surface area contributed by atoms with Crippen molar-refractivity contribution in [3.8, 4) is 0 Å². The molecule has 2 rings (SSSR count). The van der Waals surface area contributed by atoms with E-state index < -0.39 is 0 Å². The molecule has 0 radical (unpaired) electrons. The Labute approximate surface area is 116 Å². The minimum atomic E-state index is -0.0469. The molecule has 0 atom stereocenters. The summed E-state index contributed by atoms with van der Waals surface area (Å²) < 4.78 is 2.12. The molecule has 1 aromatic rings. The van der Waals surface area contributed by atoms with Crippen molar-refractivity contribution in [3.05, 3.63) is 21.0 Å². The average Bonchev–Trinajstić information content (AvgIpc) is 3.08. The Hall–Kier alpha value is -0.840. The molecule has 18 heavy (non-hydrogen) atoms. The van der Waals surface area contributed by atoms with Gasteiger partial charge in [-0.25, -0.2) is 4.68 Å². The molecular weight excluding hydrogens is 294 g/mol. The fraction of sp³-hybridized carbons (Fsp3) is 0.692. The van der Waals surface area contributed by atoms with Crippen LogP contribution in [0.4, 0.5) is 5.69 Å². The number of hydrogen-bond acceptors (Lipinski definition) is 3. The van der Waals surface area contributed by atoms with Gasteiger partial charge in [-0.05, 0) is 40.6 Å². The van der Waals surface area contributed by atoms with Gasteiger partial charge in [0.15, 0.2) is 0 Å². The van der Waals surface area contributed by atoms with Crippen LogP contribution in [0.2, 0.25) is 0 Å². The molecular formula is C13H20BrN3O. The van der Waals surface area contributed by atoms with Gasteiger partial charge in [-0.3, -0.25) is 4.79 Å². The highest BCUT2D eigenvalue weighted by molar-refractivity contribution is 9.10. The second-order valence-corrected chi connectivity index (χ2v) is 6.21. The van der Waals surface area contributed by atoms with Gasteiger partial charge in [-0.1, -0.05) is 20.3 Å². The van der Waals surface area contributed by atoms with E-state index in [9.17, 15) is 4.79 Å². The van der Waals surface area contributed by atoms with Gasteiger partial charge >= 0.3 is 0 Å². The Balaban J connectivity index is 2.07. The SMILES string of the molecule is CCCCn1ncc(NCC2(C)CC2)c(Br)c1=O. The van der Waals surface area contributed by atoms with Crippen LogP contribution in [0.25, 0.3) is 0 Å². The van der Waals surface area contributed by atoms with E-state index in [1.165, 1.54) is 17.5 Å². The lowest BCUT2D eigenvalue weighted by molar-refractivity contribution is 0.540. The van der Waals surface area contributed by atoms with Gasteiger partial charge < -0.3 is 5.32 Å². The van der Waals surface area contributed by atoms with Gasteiger partial charge in [0.2, 0.25) is 0 Å². The standard InChI is InChI=1S/C13H20BrN3O/c1-3-4-7-17-12(18)11(14)10(8-16-17)15-9-13(2)5-6-13/h8,15H,3-7,9H2,1-2H3. The first kappa shape index (κ1) is 13.6. The zero-order chi connectivity index (χ0) is 13.2. The van der Waals surface area contributed by atoms with Crippen LogP contribution in [-0.2, 0) is 6.54 Å². The smallest absolute Gasteiger partial charge is 0.283 e. The Morgan fingerprint density at radius 3 is 2.89 bits per heavy atom. The highest BCUT2D eigenvalue weighted by atomic mass is 79.9. The zero-order valence-electron chi connectivity index (χ0n) is 11.0. The quantitative estimate of drug-likeness (QED) is 0.878. The van der Waals surface area contributed by atoms with Crippen molar-refractivity contribution in [2.75, 3.05) is 11.9 Å². The summed E-state index contributed by atoms with van der Waals surface area (Å²) >= 11 is 3.38. The maximum absolute atomic E-state index is 12.0. The van der Waals surface area contributed by atoms with Crippen molar-refractivity contribution < 1.29 is 0 Å². The highest BCUT2D eigenvalue weighted by Crippen LogP contribution is 2.44. The maximum atomic E-state index is 12.0. The van der Waals surface area contributed by atoms with Gasteiger partial charge in [0, 0.05) is 13.1 Å². The molecule has 0 aromatic carbocycles. The lowest BCUT2D eigenvalue weighted by Crippen LogP contribution is -2.25. The Bertz CT molecular complexity index is 480. The molecule has 1 heterocycles. The van der Waals surface area contributed by atoms with Crippen LogP contribution in [0.1, 0.15) is 39.5 Å². The van der Waals surface area contributed by atoms with Crippen molar-refractivity contribution in [2.45, 2.75) is 46.1 Å². The van der Waals surface area contributed by atoms with Crippen LogP contribution in [-0.4, -0.2) is 16.3 Å². The largest absolute Gasteiger partial charge is 0.382 e. The van der Waals surface area contributed by atoms with Gasteiger partial charge in [0.05, 0.1) is 11.9 Å². The summed E-state index contributed by atoms with van der Waals surface area (Å²) in [6.45, 7) is 5.95. The molecule has 1 fully saturated rings. The number of halogens is 1. The third-order valence-electron chi connectivity index (χ3n) is 3.52. The first-order chi connectivity index (χ1) is 8.56. The van der Waals surface area contributed by atoms with Gasteiger partial charge in [-0.15, -0.1) is 0 Å². The Morgan fingerprint density at radius 1 is 1.56 bits per heavy atom. The predicted molar refractivity (Wildman–Crippen MR) is 76.9 cm³/mol. The van der Waals surface area contributed by atoms with E-state index >= 15 is 0 Å². The number of hydrogen-bond donors (Lipinski definition) is 1. The third-order valence-corrected chi connectivity index (χ3v) is 4.28. The van der Waals surface area contributed by atoms with Crippen LogP contribution < -0.4 is 10.9 Å². The first-order valence-corrected chi connectivity index (χ1v) is 7.34. The molecule has 1 N–H and O–H groups in total. The number of rotatable bonds is 6.